The molecule has 1 N–H and O–H groups in total. The summed E-state index contributed by atoms with van der Waals surface area (Å²) in [5.41, 5.74) is 3.15. The average molecular weight is 539 g/mol. The summed E-state index contributed by atoms with van der Waals surface area (Å²) >= 11 is 1.33. The van der Waals surface area contributed by atoms with E-state index in [1.165, 1.54) is 11.5 Å². The van der Waals surface area contributed by atoms with Crippen molar-refractivity contribution in [3.8, 4) is 5.75 Å². The van der Waals surface area contributed by atoms with Gasteiger partial charge in [-0.25, -0.2) is 4.98 Å². The first kappa shape index (κ1) is 26.2. The molecule has 0 fully saturated rings. The molecule has 0 atom stereocenters. The molecular formula is C31H30N4O3S. The molecule has 0 spiro atoms. The Bertz CT molecular complexity index is 1420. The van der Waals surface area contributed by atoms with Crippen molar-refractivity contribution in [1.82, 2.24) is 14.7 Å². The van der Waals surface area contributed by atoms with E-state index in [2.05, 4.69) is 9.69 Å². The van der Waals surface area contributed by atoms with Crippen LogP contribution in [-0.2, 0) is 17.8 Å². The Morgan fingerprint density at radius 1 is 0.974 bits per heavy atom. The van der Waals surface area contributed by atoms with Gasteiger partial charge in [-0.3, -0.25) is 4.79 Å². The Hall–Kier alpha value is -4.43. The molecule has 7 nitrogen and oxygen atoms in total. The zero-order valence-corrected chi connectivity index (χ0v) is 22.5. The van der Waals surface area contributed by atoms with Crippen molar-refractivity contribution in [2.45, 2.75) is 25.4 Å². The maximum atomic E-state index is 13.2. The number of rotatable bonds is 12. The van der Waals surface area contributed by atoms with Gasteiger partial charge in [0.2, 0.25) is 11.0 Å². The summed E-state index contributed by atoms with van der Waals surface area (Å²) in [6, 6.07) is 31.5. The van der Waals surface area contributed by atoms with Gasteiger partial charge in [0.1, 0.15) is 17.3 Å². The lowest BCUT2D eigenvalue weighted by Gasteiger charge is -2.23. The van der Waals surface area contributed by atoms with Crippen LogP contribution in [0.2, 0.25) is 0 Å². The molecule has 2 heterocycles. The Labute approximate surface area is 232 Å². The number of benzene rings is 3. The summed E-state index contributed by atoms with van der Waals surface area (Å²) in [5, 5.41) is 3.98. The van der Waals surface area contributed by atoms with E-state index in [4.69, 9.17) is 14.1 Å². The summed E-state index contributed by atoms with van der Waals surface area (Å²) in [5.74, 6) is 2.28. The highest BCUT2D eigenvalue weighted by Crippen LogP contribution is 2.24. The number of aromatic nitrogens is 2. The van der Waals surface area contributed by atoms with E-state index in [1.54, 1.807) is 13.4 Å². The van der Waals surface area contributed by atoms with Crippen molar-refractivity contribution >= 4 is 22.6 Å². The van der Waals surface area contributed by atoms with Gasteiger partial charge in [-0.05, 0) is 41.0 Å². The molecule has 0 aliphatic carbocycles. The van der Waals surface area contributed by atoms with Crippen molar-refractivity contribution < 1.29 is 13.9 Å². The van der Waals surface area contributed by atoms with Crippen LogP contribution in [0.4, 0.5) is 5.13 Å². The highest BCUT2D eigenvalue weighted by Gasteiger charge is 2.20. The van der Waals surface area contributed by atoms with Gasteiger partial charge in [0.25, 0.3) is 0 Å². The maximum absolute atomic E-state index is 13.2. The van der Waals surface area contributed by atoms with Gasteiger partial charge in [0, 0.05) is 30.9 Å². The highest BCUT2D eigenvalue weighted by molar-refractivity contribution is 7.09. The molecule has 198 valence electrons. The third kappa shape index (κ3) is 7.12. The van der Waals surface area contributed by atoms with Crippen LogP contribution in [0.15, 0.2) is 108 Å². The lowest BCUT2D eigenvalue weighted by Crippen LogP contribution is -2.33. The minimum atomic E-state index is -0.227. The van der Waals surface area contributed by atoms with E-state index in [-0.39, 0.29) is 11.9 Å². The first-order chi connectivity index (χ1) is 19.2. The summed E-state index contributed by atoms with van der Waals surface area (Å²) in [6.45, 7) is 0.964. The van der Waals surface area contributed by atoms with Gasteiger partial charge >= 0.3 is 0 Å². The third-order valence-corrected chi connectivity index (χ3v) is 7.15. The van der Waals surface area contributed by atoms with Crippen molar-refractivity contribution in [3.05, 3.63) is 132 Å². The number of carbonyl (C=O) groups excluding carboxylic acids is 1. The van der Waals surface area contributed by atoms with E-state index in [1.807, 2.05) is 102 Å². The summed E-state index contributed by atoms with van der Waals surface area (Å²) in [4.78, 5) is 20.1. The minimum absolute atomic E-state index is 0.0433. The topological polar surface area (TPSA) is 80.5 Å². The molecular weight excluding hydrogens is 508 g/mol. The quantitative estimate of drug-likeness (QED) is 0.209. The number of hydrogen-bond donors (Lipinski definition) is 1. The predicted molar refractivity (Wildman–Crippen MR) is 153 cm³/mol. The molecule has 5 rings (SSSR count). The predicted octanol–water partition coefficient (Wildman–Crippen LogP) is 6.03. The molecule has 8 heteroatoms. The molecule has 5 aromatic rings. The van der Waals surface area contributed by atoms with Crippen molar-refractivity contribution in [1.29, 1.82) is 0 Å². The van der Waals surface area contributed by atoms with Crippen LogP contribution in [0.1, 0.15) is 40.7 Å². The molecule has 0 radical (unpaired) electrons. The van der Waals surface area contributed by atoms with Crippen molar-refractivity contribution in [3.63, 3.8) is 0 Å². The number of nitrogens with zero attached hydrogens (tertiary/aromatic N) is 3. The van der Waals surface area contributed by atoms with E-state index in [9.17, 15) is 4.79 Å². The van der Waals surface area contributed by atoms with Gasteiger partial charge in [-0.1, -0.05) is 72.8 Å². The Morgan fingerprint density at radius 2 is 1.72 bits per heavy atom. The van der Waals surface area contributed by atoms with Crippen LogP contribution >= 0.6 is 11.5 Å². The summed E-state index contributed by atoms with van der Waals surface area (Å²) in [6.07, 6.45) is 2.54. The number of nitrogens with one attached hydrogen (secondary N) is 1. The molecule has 0 saturated heterocycles. The zero-order valence-electron chi connectivity index (χ0n) is 21.7. The largest absolute Gasteiger partial charge is 0.497 e. The van der Waals surface area contributed by atoms with Crippen LogP contribution < -0.4 is 15.0 Å². The van der Waals surface area contributed by atoms with Crippen molar-refractivity contribution in [2.24, 2.45) is 0 Å². The molecule has 1 amide bonds. The Morgan fingerprint density at radius 3 is 2.38 bits per heavy atom. The van der Waals surface area contributed by atoms with Crippen LogP contribution in [0.5, 0.6) is 5.75 Å². The van der Waals surface area contributed by atoms with Gasteiger partial charge in [-0.2, -0.15) is 4.37 Å². The van der Waals surface area contributed by atoms with E-state index in [0.717, 1.165) is 39.2 Å². The standard InChI is InChI=1S/C31H30N4O3S/c1-37-26-15-8-10-23(20-26)21-28-32-31(39-34-28)35(22-27-16-9-19-38-27)18-17-29(36)33-30(24-11-4-2-5-12-24)25-13-6-3-7-14-25/h2-16,19-20,30H,17-18,21-22H2,1H3,(H,33,36). The van der Waals surface area contributed by atoms with E-state index in [0.29, 0.717) is 25.9 Å². The van der Waals surface area contributed by atoms with E-state index >= 15 is 0 Å². The normalized spacial score (nSPS) is 10.9. The fraction of sp³-hybridized carbons (Fsp3) is 0.194. The van der Waals surface area contributed by atoms with E-state index < -0.39 is 0 Å². The third-order valence-electron chi connectivity index (χ3n) is 6.33. The van der Waals surface area contributed by atoms with Gasteiger partial charge in [0.05, 0.1) is 26.0 Å². The molecule has 0 bridgehead atoms. The molecule has 3 aromatic carbocycles. The van der Waals surface area contributed by atoms with Crippen LogP contribution in [0.3, 0.4) is 0 Å². The van der Waals surface area contributed by atoms with Crippen molar-refractivity contribution in [2.75, 3.05) is 18.6 Å². The smallest absolute Gasteiger partial charge is 0.222 e. The lowest BCUT2D eigenvalue weighted by molar-refractivity contribution is -0.121. The molecule has 0 aliphatic rings. The van der Waals surface area contributed by atoms with Crippen LogP contribution in [-0.4, -0.2) is 28.9 Å². The summed E-state index contributed by atoms with van der Waals surface area (Å²) < 4.78 is 15.5. The van der Waals surface area contributed by atoms with Crippen LogP contribution in [0.25, 0.3) is 0 Å². The number of anilines is 1. The number of methoxy groups -OCH3 is 1. The summed E-state index contributed by atoms with van der Waals surface area (Å²) in [7, 11) is 1.66. The fourth-order valence-electron chi connectivity index (χ4n) is 4.36. The maximum Gasteiger partial charge on any atom is 0.222 e. The number of carbonyl (C=O) groups is 1. The minimum Gasteiger partial charge on any atom is -0.497 e. The zero-order chi connectivity index (χ0) is 26.9. The molecule has 39 heavy (non-hydrogen) atoms. The second kappa shape index (κ2) is 12.9. The number of ether oxygens (including phenoxy) is 1. The molecule has 0 unspecified atom stereocenters. The SMILES string of the molecule is COc1cccc(Cc2nsc(N(CCC(=O)NC(c3ccccc3)c3ccccc3)Cc3ccco3)n2)c1. The van der Waals surface area contributed by atoms with Gasteiger partial charge in [-0.15, -0.1) is 0 Å². The lowest BCUT2D eigenvalue weighted by atomic mass is 9.98. The van der Waals surface area contributed by atoms with Gasteiger partial charge < -0.3 is 19.4 Å². The molecule has 0 saturated carbocycles. The second-order valence-electron chi connectivity index (χ2n) is 9.09. The second-order valence-corrected chi connectivity index (χ2v) is 9.82. The Balaban J connectivity index is 1.29. The number of amides is 1. The first-order valence-corrected chi connectivity index (χ1v) is 13.6. The Kier molecular flexibility index (Phi) is 8.65. The number of furan rings is 1. The average Bonchev–Trinajstić information content (AvgIpc) is 3.67. The monoisotopic (exact) mass is 538 g/mol. The van der Waals surface area contributed by atoms with Crippen LogP contribution in [0, 0.1) is 0 Å². The first-order valence-electron chi connectivity index (χ1n) is 12.8. The fourth-order valence-corrected chi connectivity index (χ4v) is 5.07. The molecule has 0 aliphatic heterocycles. The highest BCUT2D eigenvalue weighted by atomic mass is 32.1. The van der Waals surface area contributed by atoms with Gasteiger partial charge in [0.15, 0.2) is 0 Å². The number of hydrogen-bond acceptors (Lipinski definition) is 7. The molecule has 2 aromatic heterocycles.